The SMILES string of the molecule is COC(=O)CC(c1cccc(NC(=O)OC(C)(C)C)n1)C(C(=O)OC)C(=O)OC. The number of aromatic nitrogens is 1. The summed E-state index contributed by atoms with van der Waals surface area (Å²) in [6, 6.07) is 4.55. The maximum Gasteiger partial charge on any atom is 0.413 e. The van der Waals surface area contributed by atoms with Gasteiger partial charge in [0.15, 0.2) is 5.92 Å². The maximum atomic E-state index is 12.2. The van der Waals surface area contributed by atoms with E-state index in [4.69, 9.17) is 14.2 Å². The van der Waals surface area contributed by atoms with Crippen LogP contribution >= 0.6 is 0 Å². The topological polar surface area (TPSA) is 130 Å². The first-order valence-electron chi connectivity index (χ1n) is 8.71. The van der Waals surface area contributed by atoms with Crippen LogP contribution in [0.5, 0.6) is 0 Å². The van der Waals surface area contributed by atoms with E-state index in [0.29, 0.717) is 0 Å². The molecule has 1 atom stereocenters. The van der Waals surface area contributed by atoms with Gasteiger partial charge < -0.3 is 18.9 Å². The predicted octanol–water partition coefficient (Wildman–Crippen LogP) is 2.04. The summed E-state index contributed by atoms with van der Waals surface area (Å²) < 4.78 is 19.2. The Kier molecular flexibility index (Phi) is 8.56. The molecule has 1 rings (SSSR count). The second-order valence-electron chi connectivity index (χ2n) is 6.99. The van der Waals surface area contributed by atoms with Crippen molar-refractivity contribution in [3.63, 3.8) is 0 Å². The van der Waals surface area contributed by atoms with E-state index in [9.17, 15) is 19.2 Å². The number of anilines is 1. The Bertz CT molecular complexity index is 741. The molecule has 10 heteroatoms. The highest BCUT2D eigenvalue weighted by Crippen LogP contribution is 2.30. The molecule has 0 saturated carbocycles. The van der Waals surface area contributed by atoms with Gasteiger partial charge >= 0.3 is 24.0 Å². The van der Waals surface area contributed by atoms with Crippen LogP contribution in [0.3, 0.4) is 0 Å². The van der Waals surface area contributed by atoms with Gasteiger partial charge in [0.1, 0.15) is 11.4 Å². The largest absolute Gasteiger partial charge is 0.469 e. The molecular weight excluding hydrogens is 384 g/mol. The number of rotatable bonds is 7. The molecule has 0 aromatic carbocycles. The van der Waals surface area contributed by atoms with E-state index >= 15 is 0 Å². The Hall–Kier alpha value is -3.17. The molecule has 0 spiro atoms. The number of carbonyl (C=O) groups is 4. The van der Waals surface area contributed by atoms with Crippen molar-refractivity contribution >= 4 is 29.8 Å². The molecule has 1 heterocycles. The summed E-state index contributed by atoms with van der Waals surface area (Å²) in [4.78, 5) is 52.6. The molecule has 29 heavy (non-hydrogen) atoms. The van der Waals surface area contributed by atoms with Crippen LogP contribution < -0.4 is 5.32 Å². The molecule has 1 N–H and O–H groups in total. The number of esters is 3. The third-order valence-corrected chi connectivity index (χ3v) is 3.71. The van der Waals surface area contributed by atoms with Gasteiger partial charge in [-0.1, -0.05) is 6.07 Å². The van der Waals surface area contributed by atoms with E-state index in [1.54, 1.807) is 26.8 Å². The lowest BCUT2D eigenvalue weighted by Crippen LogP contribution is -2.34. The maximum absolute atomic E-state index is 12.2. The molecule has 1 amide bonds. The van der Waals surface area contributed by atoms with Crippen molar-refractivity contribution in [1.29, 1.82) is 0 Å². The van der Waals surface area contributed by atoms with Crippen molar-refractivity contribution in [2.24, 2.45) is 5.92 Å². The van der Waals surface area contributed by atoms with E-state index in [0.717, 1.165) is 14.2 Å². The zero-order valence-corrected chi connectivity index (χ0v) is 17.3. The number of nitrogens with zero attached hydrogens (tertiary/aromatic N) is 1. The first kappa shape index (κ1) is 23.9. The van der Waals surface area contributed by atoms with Crippen LogP contribution in [0.25, 0.3) is 0 Å². The van der Waals surface area contributed by atoms with Crippen molar-refractivity contribution in [2.45, 2.75) is 38.7 Å². The molecule has 1 unspecified atom stereocenters. The van der Waals surface area contributed by atoms with Gasteiger partial charge in [0.2, 0.25) is 0 Å². The van der Waals surface area contributed by atoms with Gasteiger partial charge in [-0.05, 0) is 32.9 Å². The van der Waals surface area contributed by atoms with Crippen LogP contribution in [0.4, 0.5) is 10.6 Å². The minimum absolute atomic E-state index is 0.111. The van der Waals surface area contributed by atoms with E-state index in [1.165, 1.54) is 19.2 Å². The number of hydrogen-bond donors (Lipinski definition) is 1. The van der Waals surface area contributed by atoms with Crippen molar-refractivity contribution in [1.82, 2.24) is 4.98 Å². The molecule has 0 fully saturated rings. The van der Waals surface area contributed by atoms with Crippen LogP contribution in [-0.4, -0.2) is 55.9 Å². The normalized spacial score (nSPS) is 12.0. The lowest BCUT2D eigenvalue weighted by Gasteiger charge is -2.23. The molecule has 0 radical (unpaired) electrons. The summed E-state index contributed by atoms with van der Waals surface area (Å²) in [5, 5.41) is 2.47. The summed E-state index contributed by atoms with van der Waals surface area (Å²) in [5.74, 6) is -4.83. The summed E-state index contributed by atoms with van der Waals surface area (Å²) in [7, 11) is 3.40. The van der Waals surface area contributed by atoms with E-state index in [2.05, 4.69) is 15.0 Å². The molecule has 1 aromatic rings. The molecule has 1 aromatic heterocycles. The highest BCUT2D eigenvalue weighted by atomic mass is 16.6. The molecule has 0 aliphatic heterocycles. The summed E-state index contributed by atoms with van der Waals surface area (Å²) in [6.45, 7) is 5.13. The fourth-order valence-corrected chi connectivity index (χ4v) is 2.47. The fourth-order valence-electron chi connectivity index (χ4n) is 2.47. The fraction of sp³-hybridized carbons (Fsp3) is 0.526. The van der Waals surface area contributed by atoms with Gasteiger partial charge in [0.25, 0.3) is 0 Å². The van der Waals surface area contributed by atoms with Crippen molar-refractivity contribution < 1.29 is 38.1 Å². The van der Waals surface area contributed by atoms with Gasteiger partial charge in [-0.15, -0.1) is 0 Å². The first-order valence-corrected chi connectivity index (χ1v) is 8.71. The lowest BCUT2D eigenvalue weighted by molar-refractivity contribution is -0.160. The van der Waals surface area contributed by atoms with Gasteiger partial charge in [-0.25, -0.2) is 9.78 Å². The highest BCUT2D eigenvalue weighted by molar-refractivity contribution is 5.96. The third kappa shape index (κ3) is 7.40. The number of pyridine rings is 1. The smallest absolute Gasteiger partial charge is 0.413 e. The lowest BCUT2D eigenvalue weighted by atomic mass is 9.86. The quantitative estimate of drug-likeness (QED) is 0.407. The average molecular weight is 410 g/mol. The van der Waals surface area contributed by atoms with Crippen molar-refractivity contribution in [3.8, 4) is 0 Å². The van der Waals surface area contributed by atoms with Gasteiger partial charge in [0.05, 0.1) is 27.8 Å². The molecular formula is C19H26N2O8. The summed E-state index contributed by atoms with van der Waals surface area (Å²) in [6.07, 6.45) is -1.07. The van der Waals surface area contributed by atoms with Crippen molar-refractivity contribution in [2.75, 3.05) is 26.6 Å². The third-order valence-electron chi connectivity index (χ3n) is 3.71. The zero-order chi connectivity index (χ0) is 22.2. The second-order valence-corrected chi connectivity index (χ2v) is 6.99. The molecule has 0 saturated heterocycles. The molecule has 10 nitrogen and oxygen atoms in total. The predicted molar refractivity (Wildman–Crippen MR) is 101 cm³/mol. The number of methoxy groups -OCH3 is 3. The molecule has 160 valence electrons. The Morgan fingerprint density at radius 1 is 1.00 bits per heavy atom. The first-order chi connectivity index (χ1) is 13.5. The Labute approximate surface area is 168 Å². The second kappa shape index (κ2) is 10.4. The van der Waals surface area contributed by atoms with Crippen molar-refractivity contribution in [3.05, 3.63) is 23.9 Å². The van der Waals surface area contributed by atoms with Crippen LogP contribution in [-0.2, 0) is 33.3 Å². The number of hydrogen-bond acceptors (Lipinski definition) is 9. The number of nitrogens with one attached hydrogen (secondary N) is 1. The average Bonchev–Trinajstić information content (AvgIpc) is 2.65. The standard InChI is InChI=1S/C19H26N2O8/c1-19(2,3)29-18(25)21-13-9-7-8-12(20-13)11(10-14(22)26-4)15(16(23)27-5)17(24)28-6/h7-9,11,15H,10H2,1-6H3,(H,20,21,25). The van der Waals surface area contributed by atoms with E-state index in [-0.39, 0.29) is 17.9 Å². The van der Waals surface area contributed by atoms with E-state index in [1.807, 2.05) is 0 Å². The van der Waals surface area contributed by atoms with Crippen LogP contribution in [0.15, 0.2) is 18.2 Å². The van der Waals surface area contributed by atoms with Crippen LogP contribution in [0, 0.1) is 5.92 Å². The number of carbonyl (C=O) groups excluding carboxylic acids is 4. The van der Waals surface area contributed by atoms with Gasteiger partial charge in [-0.3, -0.25) is 19.7 Å². The van der Waals surface area contributed by atoms with Gasteiger partial charge in [-0.2, -0.15) is 0 Å². The number of ether oxygens (including phenoxy) is 4. The molecule has 0 aliphatic rings. The summed E-state index contributed by atoms with van der Waals surface area (Å²) >= 11 is 0. The molecule has 0 bridgehead atoms. The Morgan fingerprint density at radius 3 is 2.07 bits per heavy atom. The Morgan fingerprint density at radius 2 is 1.59 bits per heavy atom. The van der Waals surface area contributed by atoms with Crippen LogP contribution in [0.2, 0.25) is 0 Å². The zero-order valence-electron chi connectivity index (χ0n) is 17.3. The Balaban J connectivity index is 3.28. The van der Waals surface area contributed by atoms with Crippen LogP contribution in [0.1, 0.15) is 38.8 Å². The van der Waals surface area contributed by atoms with E-state index < -0.39 is 41.4 Å². The minimum Gasteiger partial charge on any atom is -0.469 e. The van der Waals surface area contributed by atoms with Gasteiger partial charge in [0, 0.05) is 11.6 Å². The highest BCUT2D eigenvalue weighted by Gasteiger charge is 2.40. The monoisotopic (exact) mass is 410 g/mol. The number of amides is 1. The summed E-state index contributed by atoms with van der Waals surface area (Å²) in [5.41, 5.74) is -0.527. The molecule has 0 aliphatic carbocycles. The minimum atomic E-state index is -1.45.